The van der Waals surface area contributed by atoms with E-state index in [0.29, 0.717) is 24.1 Å². The van der Waals surface area contributed by atoms with E-state index in [2.05, 4.69) is 15.1 Å². The molecule has 0 atom stereocenters. The van der Waals surface area contributed by atoms with Crippen LogP contribution in [0.15, 0.2) is 18.6 Å². The molecule has 2 aromatic heterocycles. The van der Waals surface area contributed by atoms with Gasteiger partial charge in [0.05, 0.1) is 19.0 Å². The summed E-state index contributed by atoms with van der Waals surface area (Å²) in [5, 5.41) is 4.12. The number of aromatic nitrogens is 4. The zero-order valence-electron chi connectivity index (χ0n) is 9.21. The molecule has 0 saturated heterocycles. The highest BCUT2D eigenvalue weighted by Gasteiger charge is 2.05. The molecule has 16 heavy (non-hydrogen) atoms. The first-order valence-electron chi connectivity index (χ1n) is 4.97. The van der Waals surface area contributed by atoms with Crippen molar-refractivity contribution < 1.29 is 4.74 Å². The van der Waals surface area contributed by atoms with E-state index < -0.39 is 0 Å². The average molecular weight is 219 g/mol. The molecule has 0 aliphatic carbocycles. The first-order chi connectivity index (χ1) is 7.70. The molecular formula is C10H13N5O. The van der Waals surface area contributed by atoms with E-state index in [4.69, 9.17) is 10.5 Å². The number of nitrogen functional groups attached to an aromatic ring is 1. The van der Waals surface area contributed by atoms with Crippen molar-refractivity contribution in [3.8, 4) is 11.7 Å². The first kappa shape index (κ1) is 10.4. The van der Waals surface area contributed by atoms with Gasteiger partial charge in [-0.3, -0.25) is 4.98 Å². The van der Waals surface area contributed by atoms with Crippen LogP contribution < -0.4 is 10.5 Å². The Labute approximate surface area is 93.1 Å². The Bertz CT molecular complexity index is 474. The molecule has 0 radical (unpaired) electrons. The van der Waals surface area contributed by atoms with Gasteiger partial charge in [0.25, 0.3) is 0 Å². The van der Waals surface area contributed by atoms with Gasteiger partial charge in [-0.1, -0.05) is 0 Å². The lowest BCUT2D eigenvalue weighted by Crippen LogP contribution is -2.02. The van der Waals surface area contributed by atoms with E-state index in [1.54, 1.807) is 23.3 Å². The van der Waals surface area contributed by atoms with E-state index in [0.717, 1.165) is 5.56 Å². The van der Waals surface area contributed by atoms with Crippen molar-refractivity contribution in [2.45, 2.75) is 13.8 Å². The van der Waals surface area contributed by atoms with Gasteiger partial charge in [-0.2, -0.15) is 4.98 Å². The van der Waals surface area contributed by atoms with Crippen molar-refractivity contribution in [2.24, 2.45) is 0 Å². The van der Waals surface area contributed by atoms with Crippen LogP contribution in [0.1, 0.15) is 12.5 Å². The molecule has 0 aliphatic rings. The van der Waals surface area contributed by atoms with Crippen LogP contribution in [0, 0.1) is 6.92 Å². The molecule has 0 fully saturated rings. The Morgan fingerprint density at radius 2 is 2.25 bits per heavy atom. The number of rotatable bonds is 3. The van der Waals surface area contributed by atoms with Crippen LogP contribution in [0.25, 0.3) is 5.82 Å². The van der Waals surface area contributed by atoms with Gasteiger partial charge in [-0.25, -0.2) is 4.68 Å². The molecule has 0 aliphatic heterocycles. The second kappa shape index (κ2) is 4.18. The number of anilines is 1. The maximum atomic E-state index is 5.66. The highest BCUT2D eigenvalue weighted by atomic mass is 16.5. The molecule has 2 N–H and O–H groups in total. The summed E-state index contributed by atoms with van der Waals surface area (Å²) in [5.74, 6) is 1.56. The Morgan fingerprint density at radius 3 is 2.88 bits per heavy atom. The summed E-state index contributed by atoms with van der Waals surface area (Å²) in [5.41, 5.74) is 6.57. The summed E-state index contributed by atoms with van der Waals surface area (Å²) in [4.78, 5) is 8.28. The summed E-state index contributed by atoms with van der Waals surface area (Å²) in [7, 11) is 0. The molecule has 2 aromatic rings. The smallest absolute Gasteiger partial charge is 0.234 e. The lowest BCUT2D eigenvalue weighted by molar-refractivity contribution is 0.324. The fraction of sp³-hybridized carbons (Fsp3) is 0.300. The molecule has 0 aromatic carbocycles. The van der Waals surface area contributed by atoms with Gasteiger partial charge in [0.15, 0.2) is 5.82 Å². The number of nitrogens with two attached hydrogens (primary N) is 1. The number of nitrogens with zero attached hydrogens (tertiary/aromatic N) is 4. The van der Waals surface area contributed by atoms with Crippen LogP contribution in [-0.4, -0.2) is 26.4 Å². The standard InChI is InChI=1S/C10H13N5O/c1-3-16-9-5-12-4-8(13-9)15-6-7(2)10(11)14-15/h4-6H,3H2,1-2H3,(H2,11,14). The third kappa shape index (κ3) is 1.95. The lowest BCUT2D eigenvalue weighted by atomic mass is 10.4. The molecule has 84 valence electrons. The van der Waals surface area contributed by atoms with E-state index in [1.165, 1.54) is 0 Å². The van der Waals surface area contributed by atoms with E-state index in [1.807, 2.05) is 13.8 Å². The van der Waals surface area contributed by atoms with E-state index >= 15 is 0 Å². The second-order valence-electron chi connectivity index (χ2n) is 3.29. The van der Waals surface area contributed by atoms with Crippen LogP contribution in [0.3, 0.4) is 0 Å². The van der Waals surface area contributed by atoms with Gasteiger partial charge >= 0.3 is 0 Å². The zero-order valence-corrected chi connectivity index (χ0v) is 9.21. The molecule has 0 saturated carbocycles. The minimum Gasteiger partial charge on any atom is -0.477 e. The van der Waals surface area contributed by atoms with Crippen LogP contribution in [-0.2, 0) is 0 Å². The Morgan fingerprint density at radius 1 is 1.44 bits per heavy atom. The monoisotopic (exact) mass is 219 g/mol. The maximum absolute atomic E-state index is 5.66. The molecule has 2 heterocycles. The van der Waals surface area contributed by atoms with Gasteiger partial charge < -0.3 is 10.5 Å². The fourth-order valence-corrected chi connectivity index (χ4v) is 1.26. The van der Waals surface area contributed by atoms with Gasteiger partial charge in [-0.15, -0.1) is 5.10 Å². The Kier molecular flexibility index (Phi) is 2.72. The third-order valence-electron chi connectivity index (χ3n) is 2.06. The van der Waals surface area contributed by atoms with Crippen LogP contribution in [0.2, 0.25) is 0 Å². The summed E-state index contributed by atoms with van der Waals surface area (Å²) < 4.78 is 6.84. The predicted octanol–water partition coefficient (Wildman–Crippen LogP) is 0.952. The highest BCUT2D eigenvalue weighted by molar-refractivity contribution is 5.38. The van der Waals surface area contributed by atoms with Crippen LogP contribution >= 0.6 is 0 Å². The summed E-state index contributed by atoms with van der Waals surface area (Å²) >= 11 is 0. The first-order valence-corrected chi connectivity index (χ1v) is 4.97. The van der Waals surface area contributed by atoms with Crippen molar-refractivity contribution in [3.05, 3.63) is 24.2 Å². The minimum atomic E-state index is 0.478. The van der Waals surface area contributed by atoms with Crippen molar-refractivity contribution in [1.82, 2.24) is 19.7 Å². The normalized spacial score (nSPS) is 10.4. The highest BCUT2D eigenvalue weighted by Crippen LogP contribution is 2.12. The summed E-state index contributed by atoms with van der Waals surface area (Å²) in [6.45, 7) is 4.33. The number of aryl methyl sites for hydroxylation is 1. The van der Waals surface area contributed by atoms with Crippen molar-refractivity contribution in [2.75, 3.05) is 12.3 Å². The Hall–Kier alpha value is -2.11. The molecule has 6 nitrogen and oxygen atoms in total. The fourth-order valence-electron chi connectivity index (χ4n) is 1.26. The van der Waals surface area contributed by atoms with Crippen LogP contribution in [0.5, 0.6) is 5.88 Å². The molecule has 0 amide bonds. The number of hydrogen-bond acceptors (Lipinski definition) is 5. The largest absolute Gasteiger partial charge is 0.477 e. The van der Waals surface area contributed by atoms with Gasteiger partial charge in [-0.05, 0) is 13.8 Å². The quantitative estimate of drug-likeness (QED) is 0.831. The average Bonchev–Trinajstić information content (AvgIpc) is 2.60. The summed E-state index contributed by atoms with van der Waals surface area (Å²) in [6, 6.07) is 0. The van der Waals surface area contributed by atoms with Crippen molar-refractivity contribution >= 4 is 5.82 Å². The van der Waals surface area contributed by atoms with Crippen molar-refractivity contribution in [1.29, 1.82) is 0 Å². The molecule has 2 rings (SSSR count). The number of ether oxygens (including phenoxy) is 1. The maximum Gasteiger partial charge on any atom is 0.234 e. The Balaban J connectivity index is 2.36. The molecule has 0 bridgehead atoms. The van der Waals surface area contributed by atoms with Gasteiger partial charge in [0, 0.05) is 11.8 Å². The van der Waals surface area contributed by atoms with Crippen molar-refractivity contribution in [3.63, 3.8) is 0 Å². The molecule has 0 unspecified atom stereocenters. The van der Waals surface area contributed by atoms with Gasteiger partial charge in [0.2, 0.25) is 5.88 Å². The third-order valence-corrected chi connectivity index (χ3v) is 2.06. The molecule has 0 spiro atoms. The minimum absolute atomic E-state index is 0.478. The van der Waals surface area contributed by atoms with Gasteiger partial charge in [0.1, 0.15) is 5.82 Å². The van der Waals surface area contributed by atoms with E-state index in [9.17, 15) is 0 Å². The topological polar surface area (TPSA) is 78.9 Å². The summed E-state index contributed by atoms with van der Waals surface area (Å²) in [6.07, 6.45) is 4.97. The number of hydrogen-bond donors (Lipinski definition) is 1. The zero-order chi connectivity index (χ0) is 11.5. The lowest BCUT2D eigenvalue weighted by Gasteiger charge is -2.03. The SMILES string of the molecule is CCOc1cncc(-n2cc(C)c(N)n2)n1. The molecular weight excluding hydrogens is 206 g/mol. The predicted molar refractivity (Wildman–Crippen MR) is 59.5 cm³/mol. The van der Waals surface area contributed by atoms with E-state index in [-0.39, 0.29) is 0 Å². The molecule has 6 heteroatoms. The van der Waals surface area contributed by atoms with Crippen LogP contribution in [0.4, 0.5) is 5.82 Å². The second-order valence-corrected chi connectivity index (χ2v) is 3.29.